The van der Waals surface area contributed by atoms with E-state index in [0.29, 0.717) is 5.92 Å². The molecule has 6 nitrogen and oxygen atoms in total. The number of hydrogen-bond acceptors (Lipinski definition) is 6. The van der Waals surface area contributed by atoms with Crippen molar-refractivity contribution >= 4 is 39.1 Å². The van der Waals surface area contributed by atoms with E-state index in [1.807, 2.05) is 6.08 Å². The number of rotatable bonds is 13. The summed E-state index contributed by atoms with van der Waals surface area (Å²) in [6, 6.07) is 0. The average molecular weight is 753 g/mol. The molecule has 10 atom stereocenters. The standard InChI is InChI=1S/C39H76O6Si4/c1-27(33(42-46(6,7)8)20-21-36(2,3)45-49(15,16)17)28-19-23-39(41)30-24-32(40)31-25-34(43-47(9,10)11)35(44-48(12,13)14)26-37(31,4)29(30)18-22-38(28,39)5/h24,27-29,31,33-35,41H,18-23,25-26H2,1-17H3. The van der Waals surface area contributed by atoms with Crippen molar-refractivity contribution in [2.75, 3.05) is 0 Å². The second kappa shape index (κ2) is 13.7. The number of hydrogen-bond donors (Lipinski definition) is 1. The number of aliphatic hydroxyl groups is 1. The molecule has 0 aliphatic heterocycles. The smallest absolute Gasteiger partial charge is 0.184 e. The largest absolute Gasteiger partial charge is 0.414 e. The fraction of sp³-hybridized carbons (Fsp3) is 0.923. The molecule has 284 valence electrons. The van der Waals surface area contributed by atoms with Crippen LogP contribution >= 0.6 is 0 Å². The van der Waals surface area contributed by atoms with Crippen molar-refractivity contribution in [3.8, 4) is 0 Å². The van der Waals surface area contributed by atoms with E-state index in [2.05, 4.69) is 113 Å². The Bertz CT molecular complexity index is 1240. The number of allylic oxidation sites excluding steroid dienone is 1. The van der Waals surface area contributed by atoms with Gasteiger partial charge in [-0.15, -0.1) is 0 Å². The average Bonchev–Trinajstić information content (AvgIpc) is 3.15. The van der Waals surface area contributed by atoms with Gasteiger partial charge in [0.2, 0.25) is 0 Å². The van der Waals surface area contributed by atoms with Crippen LogP contribution in [0.3, 0.4) is 0 Å². The molecule has 3 fully saturated rings. The Morgan fingerprint density at radius 1 is 0.837 bits per heavy atom. The summed E-state index contributed by atoms with van der Waals surface area (Å²) in [6.45, 7) is 38.8. The monoisotopic (exact) mass is 752 g/mol. The predicted octanol–water partition coefficient (Wildman–Crippen LogP) is 10.2. The van der Waals surface area contributed by atoms with Crippen LogP contribution in [0.1, 0.15) is 86.0 Å². The quantitative estimate of drug-likeness (QED) is 0.189. The Hall–Kier alpha value is 0.0775. The number of fused-ring (bicyclic) bond motifs is 5. The van der Waals surface area contributed by atoms with Crippen LogP contribution in [0.2, 0.25) is 78.6 Å². The Labute approximate surface area is 305 Å². The van der Waals surface area contributed by atoms with Crippen molar-refractivity contribution in [1.29, 1.82) is 0 Å². The fourth-order valence-corrected chi connectivity index (χ4v) is 16.2. The van der Waals surface area contributed by atoms with Gasteiger partial charge in [-0.25, -0.2) is 0 Å². The summed E-state index contributed by atoms with van der Waals surface area (Å²) in [5.41, 5.74) is -0.710. The molecule has 0 aromatic rings. The third-order valence-corrected chi connectivity index (χ3v) is 16.7. The zero-order valence-corrected chi connectivity index (χ0v) is 38.8. The Morgan fingerprint density at radius 3 is 1.94 bits per heavy atom. The first kappa shape index (κ1) is 41.8. The lowest BCUT2D eigenvalue weighted by Gasteiger charge is -2.61. The van der Waals surface area contributed by atoms with Gasteiger partial charge in [-0.3, -0.25) is 4.79 Å². The molecule has 0 radical (unpaired) electrons. The molecule has 4 aliphatic rings. The lowest BCUT2D eigenvalue weighted by atomic mass is 9.46. The molecule has 10 heteroatoms. The molecule has 1 N–H and O–H groups in total. The number of carbonyl (C=O) groups is 1. The Balaban J connectivity index is 1.65. The highest BCUT2D eigenvalue weighted by Crippen LogP contribution is 2.68. The molecule has 0 aromatic heterocycles. The van der Waals surface area contributed by atoms with Gasteiger partial charge in [-0.05, 0) is 179 Å². The highest BCUT2D eigenvalue weighted by atomic mass is 28.4. The maximum Gasteiger partial charge on any atom is 0.184 e. The van der Waals surface area contributed by atoms with E-state index in [-0.39, 0.29) is 58.3 Å². The van der Waals surface area contributed by atoms with Crippen LogP contribution in [0.15, 0.2) is 11.6 Å². The summed E-state index contributed by atoms with van der Waals surface area (Å²) in [7, 11) is -7.26. The second-order valence-corrected chi connectivity index (χ2v) is 39.5. The van der Waals surface area contributed by atoms with Crippen LogP contribution in [-0.2, 0) is 22.5 Å². The van der Waals surface area contributed by atoms with Gasteiger partial charge in [0, 0.05) is 17.4 Å². The Morgan fingerprint density at radius 2 is 1.41 bits per heavy atom. The number of ketones is 1. The summed E-state index contributed by atoms with van der Waals surface area (Å²) in [6.07, 6.45) is 9.08. The third-order valence-electron chi connectivity index (χ3n) is 12.5. The van der Waals surface area contributed by atoms with Crippen molar-refractivity contribution in [3.63, 3.8) is 0 Å². The van der Waals surface area contributed by atoms with Crippen LogP contribution in [0.4, 0.5) is 0 Å². The minimum absolute atomic E-state index is 0.0141. The first-order valence-corrected chi connectivity index (χ1v) is 33.3. The highest BCUT2D eigenvalue weighted by Gasteiger charge is 2.67. The van der Waals surface area contributed by atoms with Crippen LogP contribution in [0.25, 0.3) is 0 Å². The SMILES string of the molecule is CC(C(CCC(C)(C)O[Si](C)(C)C)O[Si](C)(C)C)C1CCC2(O)C3=CC(=O)C4CC(O[Si](C)(C)C)C(O[Si](C)(C)C)CC4(C)C3CCC12C. The van der Waals surface area contributed by atoms with Crippen molar-refractivity contribution in [2.24, 2.45) is 34.5 Å². The van der Waals surface area contributed by atoms with Crippen LogP contribution in [0.5, 0.6) is 0 Å². The van der Waals surface area contributed by atoms with Gasteiger partial charge in [0.25, 0.3) is 0 Å². The molecular weight excluding hydrogens is 677 g/mol. The van der Waals surface area contributed by atoms with Gasteiger partial charge >= 0.3 is 0 Å². The molecule has 10 unspecified atom stereocenters. The van der Waals surface area contributed by atoms with E-state index in [9.17, 15) is 9.90 Å². The molecule has 0 heterocycles. The fourth-order valence-electron chi connectivity index (χ4n) is 10.9. The topological polar surface area (TPSA) is 74.2 Å². The maximum atomic E-state index is 14.3. The van der Waals surface area contributed by atoms with Crippen molar-refractivity contribution in [2.45, 2.75) is 194 Å². The predicted molar refractivity (Wildman–Crippen MR) is 214 cm³/mol. The molecule has 0 bridgehead atoms. The highest BCUT2D eigenvalue weighted by molar-refractivity contribution is 6.71. The van der Waals surface area contributed by atoms with Crippen LogP contribution in [-0.4, -0.2) is 73.7 Å². The van der Waals surface area contributed by atoms with E-state index in [0.717, 1.165) is 56.9 Å². The number of carbonyl (C=O) groups excluding carboxylic acids is 1. The normalized spacial score (nSPS) is 37.2. The van der Waals surface area contributed by atoms with Gasteiger partial charge in [-0.2, -0.15) is 0 Å². The molecule has 3 saturated carbocycles. The van der Waals surface area contributed by atoms with Gasteiger partial charge in [0.15, 0.2) is 39.1 Å². The summed E-state index contributed by atoms with van der Waals surface area (Å²) in [4.78, 5) is 14.3. The third kappa shape index (κ3) is 9.24. The van der Waals surface area contributed by atoms with E-state index in [1.54, 1.807) is 0 Å². The molecule has 49 heavy (non-hydrogen) atoms. The summed E-state index contributed by atoms with van der Waals surface area (Å²) in [5.74, 6) is 0.882. The molecule has 0 amide bonds. The van der Waals surface area contributed by atoms with Gasteiger partial charge < -0.3 is 22.8 Å². The minimum atomic E-state index is -1.87. The summed E-state index contributed by atoms with van der Waals surface area (Å²) >= 11 is 0. The molecule has 0 saturated heterocycles. The lowest BCUT2D eigenvalue weighted by molar-refractivity contribution is -0.151. The summed E-state index contributed by atoms with van der Waals surface area (Å²) in [5, 5.41) is 13.1. The Kier molecular flexibility index (Phi) is 11.7. The minimum Gasteiger partial charge on any atom is -0.414 e. The lowest BCUT2D eigenvalue weighted by Crippen LogP contribution is -2.62. The second-order valence-electron chi connectivity index (χ2n) is 21.7. The molecule has 0 aromatic carbocycles. The first-order chi connectivity index (χ1) is 21.9. The first-order valence-electron chi connectivity index (χ1n) is 19.6. The van der Waals surface area contributed by atoms with Gasteiger partial charge in [-0.1, -0.05) is 20.8 Å². The van der Waals surface area contributed by atoms with Crippen molar-refractivity contribution in [1.82, 2.24) is 0 Å². The van der Waals surface area contributed by atoms with Gasteiger partial charge in [0.05, 0.1) is 23.4 Å². The van der Waals surface area contributed by atoms with Crippen LogP contribution < -0.4 is 0 Å². The van der Waals surface area contributed by atoms with Crippen molar-refractivity contribution in [3.05, 3.63) is 11.6 Å². The van der Waals surface area contributed by atoms with Crippen molar-refractivity contribution < 1.29 is 27.6 Å². The molecule has 0 spiro atoms. The maximum absolute atomic E-state index is 14.3. The summed E-state index contributed by atoms with van der Waals surface area (Å²) < 4.78 is 27.3. The van der Waals surface area contributed by atoms with E-state index >= 15 is 0 Å². The zero-order valence-electron chi connectivity index (χ0n) is 34.8. The van der Waals surface area contributed by atoms with E-state index in [1.165, 1.54) is 0 Å². The molecule has 4 aliphatic carbocycles. The molecule has 4 rings (SSSR count). The van der Waals surface area contributed by atoms with E-state index in [4.69, 9.17) is 17.7 Å². The van der Waals surface area contributed by atoms with Gasteiger partial charge in [0.1, 0.15) is 0 Å². The van der Waals surface area contributed by atoms with E-state index < -0.39 is 38.9 Å². The zero-order chi connectivity index (χ0) is 37.4. The van der Waals surface area contributed by atoms with Crippen LogP contribution in [0, 0.1) is 34.5 Å². The molecular formula is C39H76O6Si4.